The van der Waals surface area contributed by atoms with Crippen LogP contribution in [-0.2, 0) is 9.53 Å². The van der Waals surface area contributed by atoms with Crippen LogP contribution >= 0.6 is 0 Å². The van der Waals surface area contributed by atoms with Crippen molar-refractivity contribution in [2.24, 2.45) is 5.92 Å². The Bertz CT molecular complexity index is 1220. The van der Waals surface area contributed by atoms with Gasteiger partial charge in [0.25, 0.3) is 5.89 Å². The molecule has 0 spiro atoms. The molecule has 2 fully saturated rings. The van der Waals surface area contributed by atoms with Gasteiger partial charge in [-0.15, -0.1) is 0 Å². The minimum Gasteiger partial charge on any atom is -0.464 e. The highest BCUT2D eigenvalue weighted by atomic mass is 16.5. The van der Waals surface area contributed by atoms with Crippen LogP contribution in [-0.4, -0.2) is 59.6 Å². The van der Waals surface area contributed by atoms with Crippen LogP contribution in [0.25, 0.3) is 11.7 Å². The quantitative estimate of drug-likeness (QED) is 0.513. The second-order valence-corrected chi connectivity index (χ2v) is 8.87. The van der Waals surface area contributed by atoms with Crippen molar-refractivity contribution in [3.8, 4) is 17.7 Å². The first-order valence-electron chi connectivity index (χ1n) is 11.8. The van der Waals surface area contributed by atoms with Crippen molar-refractivity contribution >= 4 is 17.8 Å². The molecule has 0 atom stereocenters. The van der Waals surface area contributed by atoms with E-state index >= 15 is 0 Å². The van der Waals surface area contributed by atoms with Crippen LogP contribution in [0.3, 0.4) is 0 Å². The van der Waals surface area contributed by atoms with Crippen LogP contribution in [0.1, 0.15) is 47.9 Å². The SMILES string of the molecule is COC(=O)c1cccn1C1CCN(C(=O)C2CCN(c3oc(-c4ccco4)nc3C#N)CC2)CC1. The maximum absolute atomic E-state index is 13.2. The zero-order valence-corrected chi connectivity index (χ0v) is 19.6. The zero-order chi connectivity index (χ0) is 24.4. The number of furan rings is 1. The molecule has 0 radical (unpaired) electrons. The summed E-state index contributed by atoms with van der Waals surface area (Å²) in [6, 6.07) is 9.35. The number of carbonyl (C=O) groups is 2. The smallest absolute Gasteiger partial charge is 0.354 e. The van der Waals surface area contributed by atoms with Crippen molar-refractivity contribution in [1.29, 1.82) is 5.26 Å². The summed E-state index contributed by atoms with van der Waals surface area (Å²) in [5.41, 5.74) is 0.767. The molecule has 10 heteroatoms. The molecule has 0 bridgehead atoms. The largest absolute Gasteiger partial charge is 0.464 e. The molecule has 2 aliphatic rings. The first kappa shape index (κ1) is 22.8. The Morgan fingerprint density at radius 3 is 2.54 bits per heavy atom. The number of oxazole rings is 1. The number of likely N-dealkylation sites (tertiary alicyclic amines) is 1. The standard InChI is InChI=1S/C25H27N5O5/c1-33-25(32)20-4-2-10-30(20)18-8-13-28(14-9-18)23(31)17-6-11-29(12-7-17)24-19(16-26)27-22(35-24)21-5-3-15-34-21/h2-5,10,15,17-18H,6-9,11-14H2,1H3. The molecular formula is C25H27N5O5. The van der Waals surface area contributed by atoms with Gasteiger partial charge in [0.15, 0.2) is 5.76 Å². The number of aromatic nitrogens is 2. The minimum absolute atomic E-state index is 0.0574. The van der Waals surface area contributed by atoms with Gasteiger partial charge in [0.2, 0.25) is 17.5 Å². The number of nitriles is 1. The number of hydrogen-bond donors (Lipinski definition) is 0. The molecule has 0 N–H and O–H groups in total. The van der Waals surface area contributed by atoms with E-state index in [1.807, 2.05) is 26.6 Å². The van der Waals surface area contributed by atoms with Crippen molar-refractivity contribution in [2.75, 3.05) is 38.2 Å². The van der Waals surface area contributed by atoms with Gasteiger partial charge in [0, 0.05) is 44.3 Å². The molecule has 5 heterocycles. The van der Waals surface area contributed by atoms with E-state index < -0.39 is 0 Å². The summed E-state index contributed by atoms with van der Waals surface area (Å²) in [6.45, 7) is 2.55. The van der Waals surface area contributed by atoms with E-state index in [0.717, 1.165) is 12.8 Å². The fourth-order valence-electron chi connectivity index (χ4n) is 5.05. The van der Waals surface area contributed by atoms with Crippen LogP contribution in [0.15, 0.2) is 45.6 Å². The minimum atomic E-state index is -0.345. The van der Waals surface area contributed by atoms with Gasteiger partial charge in [0.05, 0.1) is 13.4 Å². The maximum Gasteiger partial charge on any atom is 0.354 e. The number of anilines is 1. The van der Waals surface area contributed by atoms with Gasteiger partial charge in [-0.2, -0.15) is 10.2 Å². The van der Waals surface area contributed by atoms with E-state index in [2.05, 4.69) is 11.1 Å². The fourth-order valence-corrected chi connectivity index (χ4v) is 5.05. The van der Waals surface area contributed by atoms with Crippen LogP contribution in [0.4, 0.5) is 5.88 Å². The monoisotopic (exact) mass is 477 g/mol. The molecule has 2 saturated heterocycles. The zero-order valence-electron chi connectivity index (χ0n) is 19.6. The van der Waals surface area contributed by atoms with Crippen LogP contribution < -0.4 is 4.90 Å². The second kappa shape index (κ2) is 9.70. The van der Waals surface area contributed by atoms with E-state index in [1.54, 1.807) is 18.2 Å². The van der Waals surface area contributed by atoms with Gasteiger partial charge in [0.1, 0.15) is 11.8 Å². The van der Waals surface area contributed by atoms with Gasteiger partial charge in [-0.1, -0.05) is 0 Å². The third kappa shape index (κ3) is 4.41. The Morgan fingerprint density at radius 2 is 1.89 bits per heavy atom. The van der Waals surface area contributed by atoms with Crippen molar-refractivity contribution in [3.63, 3.8) is 0 Å². The molecule has 5 rings (SSSR count). The first-order chi connectivity index (χ1) is 17.1. The highest BCUT2D eigenvalue weighted by Crippen LogP contribution is 2.32. The van der Waals surface area contributed by atoms with E-state index in [9.17, 15) is 14.9 Å². The summed E-state index contributed by atoms with van der Waals surface area (Å²) in [7, 11) is 1.38. The molecule has 10 nitrogen and oxygen atoms in total. The summed E-state index contributed by atoms with van der Waals surface area (Å²) >= 11 is 0. The Kier molecular flexibility index (Phi) is 6.31. The lowest BCUT2D eigenvalue weighted by atomic mass is 9.93. The van der Waals surface area contributed by atoms with Gasteiger partial charge in [-0.3, -0.25) is 4.79 Å². The molecule has 35 heavy (non-hydrogen) atoms. The Labute approximate surface area is 202 Å². The lowest BCUT2D eigenvalue weighted by Gasteiger charge is -2.37. The van der Waals surface area contributed by atoms with Gasteiger partial charge >= 0.3 is 5.97 Å². The maximum atomic E-state index is 13.2. The van der Waals surface area contributed by atoms with E-state index in [4.69, 9.17) is 13.6 Å². The van der Waals surface area contributed by atoms with Crippen LogP contribution in [0.5, 0.6) is 0 Å². The number of amides is 1. The summed E-state index contributed by atoms with van der Waals surface area (Å²) in [5, 5.41) is 9.50. The molecule has 2 aliphatic heterocycles. The number of carbonyl (C=O) groups excluding carboxylic acids is 2. The predicted octanol–water partition coefficient (Wildman–Crippen LogP) is 3.47. The molecule has 1 amide bonds. The number of rotatable bonds is 5. The molecule has 0 aliphatic carbocycles. The summed E-state index contributed by atoms with van der Waals surface area (Å²) < 4.78 is 18.0. The Hall–Kier alpha value is -4.00. The number of esters is 1. The third-order valence-corrected chi connectivity index (χ3v) is 6.92. The first-order valence-corrected chi connectivity index (χ1v) is 11.8. The van der Waals surface area contributed by atoms with Crippen molar-refractivity contribution in [1.82, 2.24) is 14.5 Å². The molecule has 3 aromatic heterocycles. The molecule has 0 aromatic carbocycles. The summed E-state index contributed by atoms with van der Waals surface area (Å²) in [6.07, 6.45) is 6.39. The van der Waals surface area contributed by atoms with E-state index in [-0.39, 0.29) is 35.4 Å². The van der Waals surface area contributed by atoms with Gasteiger partial charge in [-0.25, -0.2) is 4.79 Å². The van der Waals surface area contributed by atoms with E-state index in [1.165, 1.54) is 13.4 Å². The number of piperidine rings is 2. The number of nitrogens with zero attached hydrogens (tertiary/aromatic N) is 5. The fraction of sp³-hybridized carbons (Fsp3) is 0.440. The average Bonchev–Trinajstić information content (AvgIpc) is 3.68. The highest BCUT2D eigenvalue weighted by molar-refractivity contribution is 5.87. The Balaban J connectivity index is 1.17. The third-order valence-electron chi connectivity index (χ3n) is 6.92. The normalized spacial score (nSPS) is 17.4. The molecule has 182 valence electrons. The highest BCUT2D eigenvalue weighted by Gasteiger charge is 2.33. The van der Waals surface area contributed by atoms with Crippen molar-refractivity contribution in [3.05, 3.63) is 48.1 Å². The summed E-state index contributed by atoms with van der Waals surface area (Å²) in [4.78, 5) is 33.4. The molecular weight excluding hydrogens is 450 g/mol. The molecule has 0 saturated carbocycles. The molecule has 3 aromatic rings. The number of ether oxygens (including phenoxy) is 1. The average molecular weight is 478 g/mol. The van der Waals surface area contributed by atoms with Gasteiger partial charge < -0.3 is 27.9 Å². The van der Waals surface area contributed by atoms with Gasteiger partial charge in [-0.05, 0) is 49.9 Å². The van der Waals surface area contributed by atoms with Crippen molar-refractivity contribution < 1.29 is 23.2 Å². The molecule has 0 unspecified atom stereocenters. The topological polar surface area (TPSA) is 118 Å². The Morgan fingerprint density at radius 1 is 1.11 bits per heavy atom. The number of hydrogen-bond acceptors (Lipinski definition) is 8. The lowest BCUT2D eigenvalue weighted by molar-refractivity contribution is -0.137. The van der Waals surface area contributed by atoms with Crippen LogP contribution in [0.2, 0.25) is 0 Å². The summed E-state index contributed by atoms with van der Waals surface area (Å²) in [5.74, 6) is 0.957. The predicted molar refractivity (Wildman–Crippen MR) is 124 cm³/mol. The lowest BCUT2D eigenvalue weighted by Crippen LogP contribution is -2.45. The van der Waals surface area contributed by atoms with Crippen LogP contribution in [0, 0.1) is 17.2 Å². The number of methoxy groups -OCH3 is 1. The second-order valence-electron chi connectivity index (χ2n) is 8.87. The van der Waals surface area contributed by atoms with E-state index in [0.29, 0.717) is 56.4 Å². The van der Waals surface area contributed by atoms with Crippen molar-refractivity contribution in [2.45, 2.75) is 31.7 Å².